The Bertz CT molecular complexity index is 2240. The van der Waals surface area contributed by atoms with Gasteiger partial charge in [-0.15, -0.1) is 23.1 Å². The summed E-state index contributed by atoms with van der Waals surface area (Å²) in [5, 5.41) is 8.09. The number of anilines is 2. The van der Waals surface area contributed by atoms with Crippen molar-refractivity contribution in [2.45, 2.75) is 37.0 Å². The summed E-state index contributed by atoms with van der Waals surface area (Å²) in [5.74, 6) is -2.55. The molecule has 280 valence electrons. The maximum Gasteiger partial charge on any atom is 0.341 e. The average molecular weight is 777 g/mol. The van der Waals surface area contributed by atoms with Crippen molar-refractivity contribution in [2.75, 3.05) is 23.8 Å². The zero-order valence-corrected chi connectivity index (χ0v) is 31.6. The Morgan fingerprint density at radius 3 is 2.31 bits per heavy atom. The van der Waals surface area contributed by atoms with E-state index in [-0.39, 0.29) is 24.1 Å². The molecule has 0 radical (unpaired) electrons. The zero-order valence-electron chi connectivity index (χ0n) is 30.0. The summed E-state index contributed by atoms with van der Waals surface area (Å²) in [6.07, 6.45) is 1.91. The number of esters is 1. The molecule has 1 unspecified atom stereocenters. The zero-order chi connectivity index (χ0) is 38.9. The minimum absolute atomic E-state index is 0.0671. The first-order valence-corrected chi connectivity index (χ1v) is 19.1. The standard InChI is InChI=1S/C42H37FN4O6S2/c1-3-53-42(52)36-33-21-22-47(26(2)48)25-35(33)55-41(36)46-40(51)37(28-11-6-4-7-12-28)54-32-16-10-15-31(24-32)44-39(50)34(23-27-17-19-30(43)20-18-27)45-38(49)29-13-8-5-9-14-29/h4-20,23-24,37H,3,21-22,25H2,1-2H3,(H,44,50)(H,45,49)(H,46,51)/b34-23-. The summed E-state index contributed by atoms with van der Waals surface area (Å²) >= 11 is 2.51. The lowest BCUT2D eigenvalue weighted by atomic mass is 10.0. The van der Waals surface area contributed by atoms with E-state index < -0.39 is 28.9 Å². The highest BCUT2D eigenvalue weighted by Crippen LogP contribution is 2.41. The summed E-state index contributed by atoms with van der Waals surface area (Å²) in [7, 11) is 0. The highest BCUT2D eigenvalue weighted by molar-refractivity contribution is 8.00. The number of fused-ring (bicyclic) bond motifs is 1. The van der Waals surface area contributed by atoms with Crippen molar-refractivity contribution in [2.24, 2.45) is 0 Å². The molecular weight excluding hydrogens is 740 g/mol. The highest BCUT2D eigenvalue weighted by atomic mass is 32.2. The van der Waals surface area contributed by atoms with Crippen LogP contribution in [-0.2, 0) is 32.1 Å². The molecule has 2 heterocycles. The van der Waals surface area contributed by atoms with Gasteiger partial charge in [-0.25, -0.2) is 9.18 Å². The van der Waals surface area contributed by atoms with Gasteiger partial charge >= 0.3 is 5.97 Å². The van der Waals surface area contributed by atoms with Gasteiger partial charge in [0.2, 0.25) is 11.8 Å². The molecule has 0 fully saturated rings. The number of nitrogens with one attached hydrogen (secondary N) is 3. The SMILES string of the molecule is CCOC(=O)c1c(NC(=O)C(Sc2cccc(NC(=O)/C(=C/c3ccc(F)cc3)NC(=O)c3ccccc3)c2)c2ccccc2)sc2c1CCN(C(C)=O)C2. The van der Waals surface area contributed by atoms with E-state index in [1.165, 1.54) is 60.4 Å². The Hall–Kier alpha value is -6.05. The van der Waals surface area contributed by atoms with Gasteiger partial charge in [0, 0.05) is 34.5 Å². The van der Waals surface area contributed by atoms with Crippen LogP contribution in [0.5, 0.6) is 0 Å². The van der Waals surface area contributed by atoms with Crippen molar-refractivity contribution in [1.29, 1.82) is 0 Å². The van der Waals surface area contributed by atoms with Crippen LogP contribution < -0.4 is 16.0 Å². The summed E-state index contributed by atoms with van der Waals surface area (Å²) in [6.45, 7) is 4.17. The predicted octanol–water partition coefficient (Wildman–Crippen LogP) is 7.85. The molecule has 5 aromatic rings. The minimum atomic E-state index is -0.783. The van der Waals surface area contributed by atoms with Gasteiger partial charge in [-0.05, 0) is 78.6 Å². The molecule has 55 heavy (non-hydrogen) atoms. The molecule has 0 spiro atoms. The predicted molar refractivity (Wildman–Crippen MR) is 212 cm³/mol. The van der Waals surface area contributed by atoms with Crippen molar-refractivity contribution in [3.05, 3.63) is 153 Å². The van der Waals surface area contributed by atoms with Gasteiger partial charge in [-0.3, -0.25) is 19.2 Å². The molecule has 4 amide bonds. The van der Waals surface area contributed by atoms with Crippen molar-refractivity contribution >= 4 is 69.5 Å². The molecule has 6 rings (SSSR count). The van der Waals surface area contributed by atoms with Crippen LogP contribution in [-0.4, -0.2) is 47.6 Å². The van der Waals surface area contributed by atoms with E-state index in [0.717, 1.165) is 10.4 Å². The number of thiophene rings is 1. The molecule has 3 N–H and O–H groups in total. The van der Waals surface area contributed by atoms with Crippen LogP contribution in [0.15, 0.2) is 120 Å². The third-order valence-corrected chi connectivity index (χ3v) is 11.0. The lowest BCUT2D eigenvalue weighted by Gasteiger charge is -2.25. The number of carbonyl (C=O) groups excluding carboxylic acids is 5. The lowest BCUT2D eigenvalue weighted by Crippen LogP contribution is -2.34. The number of ether oxygens (including phenoxy) is 1. The first kappa shape index (κ1) is 38.7. The number of amides is 4. The maximum absolute atomic E-state index is 14.2. The third kappa shape index (κ3) is 9.74. The lowest BCUT2D eigenvalue weighted by molar-refractivity contribution is -0.129. The highest BCUT2D eigenvalue weighted by Gasteiger charge is 2.32. The van der Waals surface area contributed by atoms with Gasteiger partial charge in [0.25, 0.3) is 11.8 Å². The molecule has 0 saturated heterocycles. The largest absolute Gasteiger partial charge is 0.462 e. The second-order valence-electron chi connectivity index (χ2n) is 12.4. The van der Waals surface area contributed by atoms with Crippen LogP contribution in [0.1, 0.15) is 61.4 Å². The van der Waals surface area contributed by atoms with Crippen molar-refractivity contribution in [3.8, 4) is 0 Å². The quantitative estimate of drug-likeness (QED) is 0.0668. The van der Waals surface area contributed by atoms with Crippen molar-refractivity contribution < 1.29 is 33.1 Å². The molecule has 4 aromatic carbocycles. The van der Waals surface area contributed by atoms with Crippen molar-refractivity contribution in [1.82, 2.24) is 10.2 Å². The van der Waals surface area contributed by atoms with E-state index in [4.69, 9.17) is 4.74 Å². The van der Waals surface area contributed by atoms with Crippen LogP contribution in [0.2, 0.25) is 0 Å². The molecule has 0 aliphatic carbocycles. The Kier molecular flexibility index (Phi) is 12.5. The van der Waals surface area contributed by atoms with Crippen molar-refractivity contribution in [3.63, 3.8) is 0 Å². The van der Waals surface area contributed by atoms with Crippen LogP contribution in [0.3, 0.4) is 0 Å². The van der Waals surface area contributed by atoms with Gasteiger partial charge in [-0.2, -0.15) is 0 Å². The number of thioether (sulfide) groups is 1. The second-order valence-corrected chi connectivity index (χ2v) is 14.7. The van der Waals surface area contributed by atoms with E-state index in [9.17, 15) is 28.4 Å². The van der Waals surface area contributed by atoms with Crippen LogP contribution in [0.25, 0.3) is 6.08 Å². The Morgan fingerprint density at radius 1 is 0.909 bits per heavy atom. The van der Waals surface area contributed by atoms with Gasteiger partial charge in [0.05, 0.1) is 18.7 Å². The Morgan fingerprint density at radius 2 is 1.62 bits per heavy atom. The fourth-order valence-corrected chi connectivity index (χ4v) is 8.25. The second kappa shape index (κ2) is 17.9. The molecule has 1 atom stereocenters. The van der Waals surface area contributed by atoms with E-state index in [2.05, 4.69) is 16.0 Å². The number of carbonyl (C=O) groups is 5. The number of hydrogen-bond acceptors (Lipinski definition) is 8. The molecule has 13 heteroatoms. The van der Waals surface area contributed by atoms with Crippen LogP contribution in [0, 0.1) is 5.82 Å². The van der Waals surface area contributed by atoms with Crippen LogP contribution in [0.4, 0.5) is 15.1 Å². The van der Waals surface area contributed by atoms with E-state index in [1.807, 2.05) is 30.3 Å². The number of halogens is 1. The average Bonchev–Trinajstić information content (AvgIpc) is 3.55. The monoisotopic (exact) mass is 776 g/mol. The number of nitrogens with zero attached hydrogens (tertiary/aromatic N) is 1. The number of hydrogen-bond donors (Lipinski definition) is 3. The molecule has 0 bridgehead atoms. The van der Waals surface area contributed by atoms with Crippen LogP contribution >= 0.6 is 23.1 Å². The first-order valence-electron chi connectivity index (χ1n) is 17.4. The van der Waals surface area contributed by atoms with Gasteiger partial charge < -0.3 is 25.6 Å². The summed E-state index contributed by atoms with van der Waals surface area (Å²) in [4.78, 5) is 69.5. The van der Waals surface area contributed by atoms with Gasteiger partial charge in [0.15, 0.2) is 0 Å². The first-order chi connectivity index (χ1) is 26.6. The fourth-order valence-electron chi connectivity index (χ4n) is 5.91. The maximum atomic E-state index is 14.2. The van der Waals surface area contributed by atoms with E-state index in [0.29, 0.717) is 57.3 Å². The van der Waals surface area contributed by atoms with Gasteiger partial charge in [-0.1, -0.05) is 66.7 Å². The molecular formula is C42H37FN4O6S2. The molecule has 10 nitrogen and oxygen atoms in total. The normalized spacial score (nSPS) is 12.9. The number of benzene rings is 4. The van der Waals surface area contributed by atoms with E-state index >= 15 is 0 Å². The summed E-state index contributed by atoms with van der Waals surface area (Å²) < 4.78 is 19.0. The topological polar surface area (TPSA) is 134 Å². The third-order valence-electron chi connectivity index (χ3n) is 8.61. The minimum Gasteiger partial charge on any atom is -0.462 e. The van der Waals surface area contributed by atoms with Gasteiger partial charge in [0.1, 0.15) is 21.8 Å². The summed E-state index contributed by atoms with van der Waals surface area (Å²) in [6, 6.07) is 30.0. The molecule has 0 saturated carbocycles. The van der Waals surface area contributed by atoms with E-state index in [1.54, 1.807) is 66.4 Å². The molecule has 1 aromatic heterocycles. The Balaban J connectivity index is 1.25. The smallest absolute Gasteiger partial charge is 0.341 e. The number of rotatable bonds is 12. The fraction of sp³-hybridized carbons (Fsp3) is 0.167. The summed E-state index contributed by atoms with van der Waals surface area (Å²) in [5.41, 5.74) is 2.96. The molecule has 1 aliphatic heterocycles. The molecule has 1 aliphatic rings. The Labute approximate surface area is 325 Å².